The fourth-order valence-corrected chi connectivity index (χ4v) is 2.70. The summed E-state index contributed by atoms with van der Waals surface area (Å²) in [6.45, 7) is 0.211. The summed E-state index contributed by atoms with van der Waals surface area (Å²) in [5, 5.41) is 7.99. The summed E-state index contributed by atoms with van der Waals surface area (Å²) in [5.74, 6) is 0.259. The van der Waals surface area contributed by atoms with E-state index in [9.17, 15) is 9.59 Å². The Kier molecular flexibility index (Phi) is 3.42. The number of aromatic nitrogens is 2. The van der Waals surface area contributed by atoms with Gasteiger partial charge in [0.1, 0.15) is 0 Å². The van der Waals surface area contributed by atoms with Crippen LogP contribution in [-0.4, -0.2) is 33.5 Å². The lowest BCUT2D eigenvalue weighted by molar-refractivity contribution is 0.0654. The molecule has 0 N–H and O–H groups in total. The molecule has 2 amide bonds. The highest BCUT2D eigenvalue weighted by Crippen LogP contribution is 2.23. The number of fused-ring (bicyclic) bond motifs is 1. The van der Waals surface area contributed by atoms with E-state index < -0.39 is 0 Å². The standard InChI is InChI=1S/C18H13N3O3/c22-17-13-8-4-5-9-14(13)18(23)21(17)11-10-15-19-20-16(24-15)12-6-2-1-3-7-12/h1-9H,10-11H2. The van der Waals surface area contributed by atoms with E-state index in [0.29, 0.717) is 29.3 Å². The molecule has 0 saturated carbocycles. The van der Waals surface area contributed by atoms with Crippen molar-refractivity contribution in [1.82, 2.24) is 15.1 Å². The highest BCUT2D eigenvalue weighted by molar-refractivity contribution is 6.21. The van der Waals surface area contributed by atoms with Gasteiger partial charge in [0.25, 0.3) is 11.8 Å². The van der Waals surface area contributed by atoms with Gasteiger partial charge in [-0.15, -0.1) is 10.2 Å². The Labute approximate surface area is 137 Å². The lowest BCUT2D eigenvalue weighted by atomic mass is 10.1. The molecule has 1 aliphatic heterocycles. The van der Waals surface area contributed by atoms with Gasteiger partial charge >= 0.3 is 0 Å². The first-order valence-corrected chi connectivity index (χ1v) is 7.57. The van der Waals surface area contributed by atoms with Crippen LogP contribution >= 0.6 is 0 Å². The summed E-state index contributed by atoms with van der Waals surface area (Å²) < 4.78 is 5.61. The van der Waals surface area contributed by atoms with E-state index in [1.165, 1.54) is 4.90 Å². The molecule has 0 spiro atoms. The van der Waals surface area contributed by atoms with Crippen LogP contribution < -0.4 is 0 Å². The molecule has 0 fully saturated rings. The van der Waals surface area contributed by atoms with Crippen LogP contribution in [0.4, 0.5) is 0 Å². The van der Waals surface area contributed by atoms with Crippen molar-refractivity contribution in [3.8, 4) is 11.5 Å². The number of rotatable bonds is 4. The Bertz CT molecular complexity index is 883. The van der Waals surface area contributed by atoms with Crippen molar-refractivity contribution >= 4 is 11.8 Å². The number of imide groups is 1. The molecule has 1 aliphatic rings. The predicted molar refractivity (Wildman–Crippen MR) is 85.2 cm³/mol. The summed E-state index contributed by atoms with van der Waals surface area (Å²) in [4.78, 5) is 25.8. The third-order valence-electron chi connectivity index (χ3n) is 3.92. The summed E-state index contributed by atoms with van der Waals surface area (Å²) in [6, 6.07) is 16.3. The molecule has 3 aromatic rings. The monoisotopic (exact) mass is 319 g/mol. The molecule has 0 bridgehead atoms. The van der Waals surface area contributed by atoms with Gasteiger partial charge in [0.2, 0.25) is 11.8 Å². The van der Waals surface area contributed by atoms with Gasteiger partial charge in [0.05, 0.1) is 11.1 Å². The lowest BCUT2D eigenvalue weighted by Gasteiger charge is -2.11. The Morgan fingerprint density at radius 3 is 2.12 bits per heavy atom. The zero-order valence-corrected chi connectivity index (χ0v) is 12.7. The maximum absolute atomic E-state index is 12.3. The van der Waals surface area contributed by atoms with E-state index in [-0.39, 0.29) is 18.4 Å². The number of hydrogen-bond acceptors (Lipinski definition) is 5. The molecule has 0 unspecified atom stereocenters. The van der Waals surface area contributed by atoms with Crippen molar-refractivity contribution in [2.24, 2.45) is 0 Å². The van der Waals surface area contributed by atoms with Crippen LogP contribution in [0.2, 0.25) is 0 Å². The van der Waals surface area contributed by atoms with Crippen LogP contribution in [0.3, 0.4) is 0 Å². The van der Waals surface area contributed by atoms with Crippen LogP contribution in [0, 0.1) is 0 Å². The molecular weight excluding hydrogens is 306 g/mol. The first kappa shape index (κ1) is 14.3. The van der Waals surface area contributed by atoms with Crippen molar-refractivity contribution in [3.05, 3.63) is 71.6 Å². The average Bonchev–Trinajstić information content (AvgIpc) is 3.19. The summed E-state index contributed by atoms with van der Waals surface area (Å²) in [6.07, 6.45) is 0.325. The quantitative estimate of drug-likeness (QED) is 0.691. The van der Waals surface area contributed by atoms with E-state index in [0.717, 1.165) is 5.56 Å². The first-order valence-electron chi connectivity index (χ1n) is 7.57. The lowest BCUT2D eigenvalue weighted by Crippen LogP contribution is -2.31. The summed E-state index contributed by atoms with van der Waals surface area (Å²) in [5.41, 5.74) is 1.72. The second-order valence-corrected chi connectivity index (χ2v) is 5.42. The summed E-state index contributed by atoms with van der Waals surface area (Å²) in [7, 11) is 0. The van der Waals surface area contributed by atoms with Gasteiger partial charge in [-0.05, 0) is 24.3 Å². The first-order chi connectivity index (χ1) is 11.7. The van der Waals surface area contributed by atoms with Gasteiger partial charge in [0.15, 0.2) is 0 Å². The smallest absolute Gasteiger partial charge is 0.261 e. The van der Waals surface area contributed by atoms with E-state index in [1.807, 2.05) is 30.3 Å². The molecule has 4 rings (SSSR count). The van der Waals surface area contributed by atoms with Crippen LogP contribution in [0.25, 0.3) is 11.5 Å². The average molecular weight is 319 g/mol. The van der Waals surface area contributed by atoms with E-state index in [4.69, 9.17) is 4.42 Å². The fourth-order valence-electron chi connectivity index (χ4n) is 2.70. The molecule has 6 nitrogen and oxygen atoms in total. The molecule has 1 aromatic heterocycles. The molecule has 0 atom stereocenters. The highest BCUT2D eigenvalue weighted by Gasteiger charge is 2.34. The molecule has 0 saturated heterocycles. The Morgan fingerprint density at radius 2 is 1.46 bits per heavy atom. The maximum atomic E-state index is 12.3. The largest absolute Gasteiger partial charge is 0.421 e. The second kappa shape index (κ2) is 5.73. The minimum atomic E-state index is -0.279. The molecule has 118 valence electrons. The van der Waals surface area contributed by atoms with Crippen molar-refractivity contribution in [2.45, 2.75) is 6.42 Å². The van der Waals surface area contributed by atoms with E-state index in [2.05, 4.69) is 10.2 Å². The number of amides is 2. The van der Waals surface area contributed by atoms with Gasteiger partial charge in [-0.1, -0.05) is 30.3 Å². The van der Waals surface area contributed by atoms with Crippen molar-refractivity contribution in [1.29, 1.82) is 0 Å². The molecule has 6 heteroatoms. The Balaban J connectivity index is 1.48. The minimum absolute atomic E-state index is 0.211. The third-order valence-corrected chi connectivity index (χ3v) is 3.92. The maximum Gasteiger partial charge on any atom is 0.261 e. The minimum Gasteiger partial charge on any atom is -0.421 e. The van der Waals surface area contributed by atoms with Crippen LogP contribution in [0.15, 0.2) is 59.0 Å². The normalized spacial score (nSPS) is 13.4. The number of nitrogens with zero attached hydrogens (tertiary/aromatic N) is 3. The molecule has 24 heavy (non-hydrogen) atoms. The topological polar surface area (TPSA) is 76.3 Å². The number of hydrogen-bond donors (Lipinski definition) is 0. The van der Waals surface area contributed by atoms with Crippen molar-refractivity contribution in [2.75, 3.05) is 6.54 Å². The SMILES string of the molecule is O=C1c2ccccc2C(=O)N1CCc1nnc(-c2ccccc2)o1. The van der Waals surface area contributed by atoms with Gasteiger partial charge in [0, 0.05) is 18.5 Å². The molecular formula is C18H13N3O3. The highest BCUT2D eigenvalue weighted by atomic mass is 16.4. The van der Waals surface area contributed by atoms with Crippen LogP contribution in [-0.2, 0) is 6.42 Å². The van der Waals surface area contributed by atoms with E-state index in [1.54, 1.807) is 24.3 Å². The van der Waals surface area contributed by atoms with Crippen LogP contribution in [0.5, 0.6) is 0 Å². The van der Waals surface area contributed by atoms with Gasteiger partial charge < -0.3 is 4.42 Å². The van der Waals surface area contributed by atoms with E-state index >= 15 is 0 Å². The van der Waals surface area contributed by atoms with Crippen molar-refractivity contribution in [3.63, 3.8) is 0 Å². The second-order valence-electron chi connectivity index (χ2n) is 5.42. The predicted octanol–water partition coefficient (Wildman–Crippen LogP) is 2.58. The molecule has 0 radical (unpaired) electrons. The van der Waals surface area contributed by atoms with Crippen LogP contribution in [0.1, 0.15) is 26.6 Å². The number of carbonyl (C=O) groups excluding carboxylic acids is 2. The fraction of sp³-hybridized carbons (Fsp3) is 0.111. The summed E-state index contributed by atoms with van der Waals surface area (Å²) >= 11 is 0. The number of benzene rings is 2. The van der Waals surface area contributed by atoms with Gasteiger partial charge in [-0.2, -0.15) is 0 Å². The molecule has 2 heterocycles. The third kappa shape index (κ3) is 2.38. The van der Waals surface area contributed by atoms with Crippen molar-refractivity contribution < 1.29 is 14.0 Å². The zero-order valence-electron chi connectivity index (χ0n) is 12.7. The van der Waals surface area contributed by atoms with Gasteiger partial charge in [-0.3, -0.25) is 14.5 Å². The molecule has 0 aliphatic carbocycles. The molecule has 2 aromatic carbocycles. The Hall–Kier alpha value is -3.28. The number of carbonyl (C=O) groups is 2. The Morgan fingerprint density at radius 1 is 0.833 bits per heavy atom. The zero-order chi connectivity index (χ0) is 16.5. The van der Waals surface area contributed by atoms with Gasteiger partial charge in [-0.25, -0.2) is 0 Å².